The van der Waals surface area contributed by atoms with Gasteiger partial charge >= 0.3 is 0 Å². The second kappa shape index (κ2) is 2.72. The van der Waals surface area contributed by atoms with Gasteiger partial charge in [-0.3, -0.25) is 4.90 Å². The zero-order valence-electron chi connectivity index (χ0n) is 6.21. The van der Waals surface area contributed by atoms with Crippen LogP contribution in [0.3, 0.4) is 0 Å². The molecule has 2 atom stereocenters. The maximum atomic E-state index is 3.50. The number of hydrogen-bond donors (Lipinski definition) is 1. The second-order valence-corrected chi connectivity index (χ2v) is 3.12. The number of piperazine rings is 1. The highest BCUT2D eigenvalue weighted by molar-refractivity contribution is 4.96. The van der Waals surface area contributed by atoms with Gasteiger partial charge in [-0.1, -0.05) is 12.2 Å². The lowest BCUT2D eigenvalue weighted by Gasteiger charge is -2.30. The molecule has 2 aliphatic rings. The van der Waals surface area contributed by atoms with Gasteiger partial charge in [-0.15, -0.1) is 0 Å². The summed E-state index contributed by atoms with van der Waals surface area (Å²) in [5.41, 5.74) is 0. The van der Waals surface area contributed by atoms with Crippen LogP contribution in [0, 0.1) is 0 Å². The number of nitrogens with one attached hydrogen (secondary N) is 1. The van der Waals surface area contributed by atoms with Crippen LogP contribution >= 0.6 is 0 Å². The summed E-state index contributed by atoms with van der Waals surface area (Å²) in [6.45, 7) is 4.80. The molecule has 1 saturated heterocycles. The minimum atomic E-state index is 0.729. The van der Waals surface area contributed by atoms with Crippen molar-refractivity contribution in [1.82, 2.24) is 10.2 Å². The number of rotatable bonds is 0. The first-order valence-corrected chi connectivity index (χ1v) is 4.06. The number of hydrogen-bond acceptors (Lipinski definition) is 2. The van der Waals surface area contributed by atoms with Crippen LogP contribution in [0.2, 0.25) is 0 Å². The van der Waals surface area contributed by atoms with E-state index in [0.29, 0.717) is 0 Å². The average molecular weight is 138 g/mol. The third-order valence-electron chi connectivity index (χ3n) is 2.29. The van der Waals surface area contributed by atoms with Crippen LogP contribution in [0.1, 0.15) is 6.42 Å². The Balaban J connectivity index is 2.03. The summed E-state index contributed by atoms with van der Waals surface area (Å²) in [5.74, 6) is 0. The fourth-order valence-electron chi connectivity index (χ4n) is 1.70. The van der Waals surface area contributed by atoms with Gasteiger partial charge in [0.2, 0.25) is 0 Å². The second-order valence-electron chi connectivity index (χ2n) is 3.12. The molecule has 2 unspecified atom stereocenters. The summed E-state index contributed by atoms with van der Waals surface area (Å²) in [7, 11) is 0. The largest absolute Gasteiger partial charge is 0.311 e. The lowest BCUT2D eigenvalue weighted by Crippen LogP contribution is -2.49. The molecule has 10 heavy (non-hydrogen) atoms. The van der Waals surface area contributed by atoms with Crippen LogP contribution in [0.4, 0.5) is 0 Å². The third-order valence-corrected chi connectivity index (χ3v) is 2.29. The van der Waals surface area contributed by atoms with E-state index in [1.54, 1.807) is 0 Å². The van der Waals surface area contributed by atoms with E-state index in [4.69, 9.17) is 0 Å². The Morgan fingerprint density at radius 3 is 3.40 bits per heavy atom. The Hall–Kier alpha value is -0.340. The molecule has 0 radical (unpaired) electrons. The Labute approximate surface area is 61.9 Å². The van der Waals surface area contributed by atoms with E-state index in [1.807, 2.05) is 0 Å². The minimum absolute atomic E-state index is 0.729. The van der Waals surface area contributed by atoms with Gasteiger partial charge in [0.1, 0.15) is 0 Å². The third kappa shape index (κ3) is 1.22. The highest BCUT2D eigenvalue weighted by Gasteiger charge is 2.18. The molecule has 2 nitrogen and oxygen atoms in total. The van der Waals surface area contributed by atoms with Gasteiger partial charge in [0.05, 0.1) is 0 Å². The first kappa shape index (κ1) is 6.38. The molecule has 2 aliphatic heterocycles. The molecule has 0 spiro atoms. The highest BCUT2D eigenvalue weighted by Crippen LogP contribution is 2.07. The van der Waals surface area contributed by atoms with Gasteiger partial charge in [-0.25, -0.2) is 0 Å². The predicted octanol–water partition coefficient (Wildman–Crippen LogP) is 0.220. The Kier molecular flexibility index (Phi) is 1.74. The number of fused-ring (bicyclic) bond motifs is 2. The lowest BCUT2D eigenvalue weighted by molar-refractivity contribution is 0.225. The maximum Gasteiger partial charge on any atom is 0.0230 e. The molecule has 2 rings (SSSR count). The van der Waals surface area contributed by atoms with E-state index in [1.165, 1.54) is 26.1 Å². The van der Waals surface area contributed by atoms with Crippen LogP contribution in [0.25, 0.3) is 0 Å². The molecule has 1 N–H and O–H groups in total. The van der Waals surface area contributed by atoms with E-state index in [-0.39, 0.29) is 0 Å². The SMILES string of the molecule is C1=CCN2CCNC(C1)C2. The Morgan fingerprint density at radius 2 is 2.40 bits per heavy atom. The first-order chi connectivity index (χ1) is 4.95. The standard InChI is InChI=1S/C8H14N2/c1-2-5-10-6-4-9-8(3-1)7-10/h1-2,8-9H,3-7H2. The normalized spacial score (nSPS) is 39.2. The maximum absolute atomic E-state index is 3.50. The van der Waals surface area contributed by atoms with E-state index >= 15 is 0 Å². The van der Waals surface area contributed by atoms with Crippen molar-refractivity contribution >= 4 is 0 Å². The zero-order valence-corrected chi connectivity index (χ0v) is 6.21. The highest BCUT2D eigenvalue weighted by atomic mass is 15.2. The molecule has 0 aromatic rings. The van der Waals surface area contributed by atoms with Crippen molar-refractivity contribution in [1.29, 1.82) is 0 Å². The molecular formula is C8H14N2. The summed E-state index contributed by atoms with van der Waals surface area (Å²) < 4.78 is 0. The molecule has 2 bridgehead atoms. The van der Waals surface area contributed by atoms with Gasteiger partial charge in [-0.05, 0) is 6.42 Å². The molecule has 0 amide bonds. The fourth-order valence-corrected chi connectivity index (χ4v) is 1.70. The zero-order chi connectivity index (χ0) is 6.81. The van der Waals surface area contributed by atoms with Crippen molar-refractivity contribution in [2.75, 3.05) is 26.2 Å². The van der Waals surface area contributed by atoms with Crippen LogP contribution in [-0.4, -0.2) is 37.1 Å². The monoisotopic (exact) mass is 138 g/mol. The molecule has 0 aromatic heterocycles. The average Bonchev–Trinajstić information content (AvgIpc) is 2.12. The van der Waals surface area contributed by atoms with Gasteiger partial charge in [0, 0.05) is 32.2 Å². The topological polar surface area (TPSA) is 15.3 Å². The summed E-state index contributed by atoms with van der Waals surface area (Å²) >= 11 is 0. The van der Waals surface area contributed by atoms with Crippen LogP contribution < -0.4 is 5.32 Å². The predicted molar refractivity (Wildman–Crippen MR) is 42.0 cm³/mol. The van der Waals surface area contributed by atoms with Crippen molar-refractivity contribution in [3.8, 4) is 0 Å². The Bertz CT molecular complexity index is 128. The lowest BCUT2D eigenvalue weighted by atomic mass is 10.2. The molecule has 0 aliphatic carbocycles. The van der Waals surface area contributed by atoms with Crippen molar-refractivity contribution in [2.24, 2.45) is 0 Å². The van der Waals surface area contributed by atoms with Crippen molar-refractivity contribution in [3.05, 3.63) is 12.2 Å². The molecule has 1 fully saturated rings. The van der Waals surface area contributed by atoms with E-state index < -0.39 is 0 Å². The molecule has 2 heterocycles. The van der Waals surface area contributed by atoms with Gasteiger partial charge in [0.15, 0.2) is 0 Å². The van der Waals surface area contributed by atoms with Gasteiger partial charge < -0.3 is 5.32 Å². The molecule has 0 aromatic carbocycles. The Morgan fingerprint density at radius 1 is 1.40 bits per heavy atom. The smallest absolute Gasteiger partial charge is 0.0230 e. The summed E-state index contributed by atoms with van der Waals surface area (Å²) in [6, 6.07) is 0.729. The first-order valence-electron chi connectivity index (χ1n) is 4.06. The molecule has 0 saturated carbocycles. The van der Waals surface area contributed by atoms with Crippen molar-refractivity contribution in [2.45, 2.75) is 12.5 Å². The van der Waals surface area contributed by atoms with Crippen LogP contribution in [0.5, 0.6) is 0 Å². The molecular weight excluding hydrogens is 124 g/mol. The summed E-state index contributed by atoms with van der Waals surface area (Å²) in [5, 5.41) is 3.50. The van der Waals surface area contributed by atoms with Crippen LogP contribution in [-0.2, 0) is 0 Å². The summed E-state index contributed by atoms with van der Waals surface area (Å²) in [4.78, 5) is 2.50. The van der Waals surface area contributed by atoms with Gasteiger partial charge in [-0.2, -0.15) is 0 Å². The molecule has 2 heteroatoms. The molecule has 56 valence electrons. The van der Waals surface area contributed by atoms with E-state index in [9.17, 15) is 0 Å². The van der Waals surface area contributed by atoms with Crippen LogP contribution in [0.15, 0.2) is 12.2 Å². The van der Waals surface area contributed by atoms with E-state index in [0.717, 1.165) is 12.6 Å². The van der Waals surface area contributed by atoms with Crippen molar-refractivity contribution < 1.29 is 0 Å². The van der Waals surface area contributed by atoms with Crippen molar-refractivity contribution in [3.63, 3.8) is 0 Å². The fraction of sp³-hybridized carbons (Fsp3) is 0.750. The number of nitrogens with zero attached hydrogens (tertiary/aromatic N) is 1. The van der Waals surface area contributed by atoms with E-state index in [2.05, 4.69) is 22.4 Å². The minimum Gasteiger partial charge on any atom is -0.311 e. The van der Waals surface area contributed by atoms with Gasteiger partial charge in [0.25, 0.3) is 0 Å². The summed E-state index contributed by atoms with van der Waals surface area (Å²) in [6.07, 6.45) is 5.80. The quantitative estimate of drug-likeness (QED) is 0.482.